The molecular formula is C19H18N6. The van der Waals surface area contributed by atoms with Crippen LogP contribution in [0.2, 0.25) is 0 Å². The first kappa shape index (κ1) is 13.5. The Labute approximate surface area is 145 Å². The molecule has 2 aromatic carbocycles. The summed E-state index contributed by atoms with van der Waals surface area (Å²) >= 11 is 0. The summed E-state index contributed by atoms with van der Waals surface area (Å²) in [6, 6.07) is 21.9. The Morgan fingerprint density at radius 2 is 1.12 bits per heavy atom. The van der Waals surface area contributed by atoms with E-state index in [0.717, 1.165) is 17.8 Å². The number of anilines is 2. The maximum Gasteiger partial charge on any atom is 0.101 e. The molecule has 2 unspecified atom stereocenters. The van der Waals surface area contributed by atoms with Gasteiger partial charge in [0.15, 0.2) is 0 Å². The SMILES string of the molecule is c1ccc(N2N=N[C@@H]3C4CC([C@H]32)[C@H]2[C@@H]4N=NN2c2ccccc2)cc1. The van der Waals surface area contributed by atoms with Gasteiger partial charge in [0.2, 0.25) is 0 Å². The Balaban J connectivity index is 1.36. The van der Waals surface area contributed by atoms with Gasteiger partial charge in [-0.1, -0.05) is 46.8 Å². The summed E-state index contributed by atoms with van der Waals surface area (Å²) in [5.74, 6) is 0.931. The van der Waals surface area contributed by atoms with Gasteiger partial charge >= 0.3 is 0 Å². The largest absolute Gasteiger partial charge is 0.242 e. The fourth-order valence-electron chi connectivity index (χ4n) is 5.21. The van der Waals surface area contributed by atoms with Gasteiger partial charge in [-0.2, -0.15) is 10.2 Å². The van der Waals surface area contributed by atoms with Crippen LogP contribution in [0.15, 0.2) is 81.3 Å². The number of fused-ring (bicyclic) bond motifs is 8. The second kappa shape index (κ2) is 4.88. The molecule has 0 aromatic heterocycles. The van der Waals surface area contributed by atoms with Crippen molar-refractivity contribution in [3.63, 3.8) is 0 Å². The molecule has 6 rings (SSSR count). The van der Waals surface area contributed by atoms with Crippen LogP contribution in [-0.4, -0.2) is 24.2 Å². The van der Waals surface area contributed by atoms with E-state index in [4.69, 9.17) is 0 Å². The first-order valence-electron chi connectivity index (χ1n) is 8.92. The Morgan fingerprint density at radius 3 is 1.60 bits per heavy atom. The lowest BCUT2D eigenvalue weighted by Crippen LogP contribution is -2.53. The van der Waals surface area contributed by atoms with E-state index in [-0.39, 0.29) is 12.1 Å². The van der Waals surface area contributed by atoms with E-state index in [1.807, 2.05) is 12.1 Å². The molecule has 2 bridgehead atoms. The number of hydrogen-bond donors (Lipinski definition) is 0. The molecule has 25 heavy (non-hydrogen) atoms. The standard InChI is InChI=1S/C19H18N6/c1-3-7-12(8-4-1)24-18-15-11-14(16(18)20-22-24)17-19(15)25(23-21-17)13-9-5-2-6-10-13/h1-10,14-19H,11H2/t14?,15?,16-,17-,18-,19+/m1/s1. The predicted molar refractivity (Wildman–Crippen MR) is 94.3 cm³/mol. The predicted octanol–water partition coefficient (Wildman–Crippen LogP) is 3.89. The molecule has 2 fully saturated rings. The lowest BCUT2D eigenvalue weighted by atomic mass is 9.83. The normalized spacial score (nSPS) is 37.0. The zero-order chi connectivity index (χ0) is 16.4. The van der Waals surface area contributed by atoms with Gasteiger partial charge in [-0.3, -0.25) is 0 Å². The van der Waals surface area contributed by atoms with Crippen LogP contribution in [0.1, 0.15) is 6.42 Å². The molecule has 2 aliphatic heterocycles. The second-order valence-electron chi connectivity index (χ2n) is 7.30. The van der Waals surface area contributed by atoms with Crippen molar-refractivity contribution in [3.05, 3.63) is 60.7 Å². The van der Waals surface area contributed by atoms with Gasteiger partial charge in [-0.05, 0) is 30.7 Å². The fraction of sp³-hybridized carbons (Fsp3) is 0.368. The minimum atomic E-state index is 0.251. The van der Waals surface area contributed by atoms with Crippen molar-refractivity contribution in [2.45, 2.75) is 30.6 Å². The Bertz CT molecular complexity index is 781. The highest BCUT2D eigenvalue weighted by molar-refractivity contribution is 5.52. The molecule has 2 saturated carbocycles. The molecule has 2 aliphatic carbocycles. The Morgan fingerprint density at radius 1 is 0.640 bits per heavy atom. The molecular weight excluding hydrogens is 312 g/mol. The molecule has 0 radical (unpaired) electrons. The van der Waals surface area contributed by atoms with Crippen LogP contribution in [0, 0.1) is 11.8 Å². The third kappa shape index (κ3) is 1.74. The van der Waals surface area contributed by atoms with Crippen molar-refractivity contribution < 1.29 is 0 Å². The van der Waals surface area contributed by atoms with E-state index in [1.165, 1.54) is 0 Å². The van der Waals surface area contributed by atoms with Crippen molar-refractivity contribution in [1.82, 2.24) is 0 Å². The van der Waals surface area contributed by atoms with E-state index >= 15 is 0 Å². The van der Waals surface area contributed by atoms with Crippen LogP contribution in [0.25, 0.3) is 0 Å². The van der Waals surface area contributed by atoms with Crippen LogP contribution < -0.4 is 10.0 Å². The third-order valence-electron chi connectivity index (χ3n) is 6.17. The Kier molecular flexibility index (Phi) is 2.64. The van der Waals surface area contributed by atoms with Crippen molar-refractivity contribution >= 4 is 11.4 Å². The van der Waals surface area contributed by atoms with Gasteiger partial charge in [0.05, 0.1) is 23.5 Å². The van der Waals surface area contributed by atoms with Crippen LogP contribution in [0.3, 0.4) is 0 Å². The average Bonchev–Trinajstić information content (AvgIpc) is 3.41. The molecule has 0 spiro atoms. The highest BCUT2D eigenvalue weighted by Crippen LogP contribution is 2.56. The quantitative estimate of drug-likeness (QED) is 0.839. The zero-order valence-corrected chi connectivity index (χ0v) is 13.6. The van der Waals surface area contributed by atoms with E-state index in [2.05, 4.69) is 79.2 Å². The van der Waals surface area contributed by atoms with Crippen LogP contribution in [0.5, 0.6) is 0 Å². The maximum absolute atomic E-state index is 4.63. The van der Waals surface area contributed by atoms with E-state index in [1.54, 1.807) is 0 Å². The number of benzene rings is 2. The highest BCUT2D eigenvalue weighted by Gasteiger charge is 2.65. The van der Waals surface area contributed by atoms with Gasteiger partial charge in [0, 0.05) is 11.8 Å². The van der Waals surface area contributed by atoms with Gasteiger partial charge in [0.1, 0.15) is 12.1 Å². The summed E-state index contributed by atoms with van der Waals surface area (Å²) in [6.45, 7) is 0. The highest BCUT2D eigenvalue weighted by atomic mass is 15.6. The van der Waals surface area contributed by atoms with Gasteiger partial charge in [-0.25, -0.2) is 10.0 Å². The zero-order valence-electron chi connectivity index (χ0n) is 13.6. The minimum absolute atomic E-state index is 0.251. The van der Waals surface area contributed by atoms with Crippen molar-refractivity contribution in [2.75, 3.05) is 10.0 Å². The molecule has 6 atom stereocenters. The molecule has 2 aromatic rings. The molecule has 0 amide bonds. The topological polar surface area (TPSA) is 55.9 Å². The third-order valence-corrected chi connectivity index (χ3v) is 6.17. The van der Waals surface area contributed by atoms with E-state index < -0.39 is 0 Å². The fourth-order valence-corrected chi connectivity index (χ4v) is 5.21. The van der Waals surface area contributed by atoms with Gasteiger partial charge in [0.25, 0.3) is 0 Å². The number of para-hydroxylation sites is 2. The smallest absolute Gasteiger partial charge is 0.101 e. The first-order valence-corrected chi connectivity index (χ1v) is 8.92. The van der Waals surface area contributed by atoms with Crippen molar-refractivity contribution in [2.24, 2.45) is 32.5 Å². The lowest BCUT2D eigenvalue weighted by molar-refractivity contribution is 0.318. The molecule has 0 N–H and O–H groups in total. The molecule has 124 valence electrons. The van der Waals surface area contributed by atoms with Gasteiger partial charge < -0.3 is 0 Å². The van der Waals surface area contributed by atoms with Crippen LogP contribution >= 0.6 is 0 Å². The lowest BCUT2D eigenvalue weighted by Gasteiger charge is -2.37. The molecule has 4 aliphatic rings. The first-order chi connectivity index (χ1) is 12.4. The number of nitrogens with zero attached hydrogens (tertiary/aromatic N) is 6. The summed E-state index contributed by atoms with van der Waals surface area (Å²) in [5.41, 5.74) is 2.25. The minimum Gasteiger partial charge on any atom is -0.242 e. The summed E-state index contributed by atoms with van der Waals surface area (Å²) in [4.78, 5) is 0. The molecule has 2 heterocycles. The van der Waals surface area contributed by atoms with Crippen molar-refractivity contribution in [3.8, 4) is 0 Å². The van der Waals surface area contributed by atoms with E-state index in [9.17, 15) is 0 Å². The van der Waals surface area contributed by atoms with Gasteiger partial charge in [-0.15, -0.1) is 0 Å². The number of rotatable bonds is 2. The van der Waals surface area contributed by atoms with E-state index in [0.29, 0.717) is 23.9 Å². The summed E-state index contributed by atoms with van der Waals surface area (Å²) in [5, 5.41) is 22.6. The average molecular weight is 330 g/mol. The van der Waals surface area contributed by atoms with Crippen molar-refractivity contribution in [1.29, 1.82) is 0 Å². The number of hydrogen-bond acceptors (Lipinski definition) is 6. The summed E-state index contributed by atoms with van der Waals surface area (Å²) in [7, 11) is 0. The Hall–Kier alpha value is -2.76. The van der Waals surface area contributed by atoms with Crippen LogP contribution in [0.4, 0.5) is 11.4 Å². The van der Waals surface area contributed by atoms with Crippen LogP contribution in [-0.2, 0) is 0 Å². The molecule has 0 saturated heterocycles. The summed E-state index contributed by atoms with van der Waals surface area (Å²) in [6.07, 6.45) is 1.16. The monoisotopic (exact) mass is 330 g/mol. The summed E-state index contributed by atoms with van der Waals surface area (Å²) < 4.78 is 0. The molecule has 6 nitrogen and oxygen atoms in total. The molecule has 6 heteroatoms. The maximum atomic E-state index is 4.63. The second-order valence-corrected chi connectivity index (χ2v) is 7.30.